The number of hydrogen-bond donors (Lipinski definition) is 1. The highest BCUT2D eigenvalue weighted by Crippen LogP contribution is 2.27. The molecule has 26 heavy (non-hydrogen) atoms. The number of benzene rings is 2. The van der Waals surface area contributed by atoms with E-state index >= 15 is 0 Å². The second-order valence-corrected chi connectivity index (χ2v) is 6.62. The molecule has 6 heteroatoms. The maximum Gasteiger partial charge on any atom is 0.321 e. The van der Waals surface area contributed by atoms with Gasteiger partial charge in [-0.3, -0.25) is 0 Å². The summed E-state index contributed by atoms with van der Waals surface area (Å²) in [7, 11) is 0. The third kappa shape index (κ3) is 3.31. The number of rotatable bonds is 3. The number of aromatic nitrogens is 3. The van der Waals surface area contributed by atoms with Crippen molar-refractivity contribution in [3.8, 4) is 11.4 Å². The van der Waals surface area contributed by atoms with Crippen molar-refractivity contribution in [2.75, 3.05) is 18.4 Å². The summed E-state index contributed by atoms with van der Waals surface area (Å²) >= 11 is 0. The molecule has 0 radical (unpaired) electrons. The van der Waals surface area contributed by atoms with Crippen molar-refractivity contribution < 1.29 is 4.79 Å². The van der Waals surface area contributed by atoms with Crippen molar-refractivity contribution in [1.29, 1.82) is 0 Å². The Morgan fingerprint density at radius 3 is 2.81 bits per heavy atom. The van der Waals surface area contributed by atoms with Gasteiger partial charge in [0.25, 0.3) is 0 Å². The van der Waals surface area contributed by atoms with Crippen LogP contribution in [0.15, 0.2) is 60.9 Å². The zero-order valence-corrected chi connectivity index (χ0v) is 14.7. The fraction of sp³-hybridized carbons (Fsp3) is 0.250. The number of carbonyl (C=O) groups is 1. The fourth-order valence-electron chi connectivity index (χ4n) is 3.38. The average Bonchev–Trinajstić information content (AvgIpc) is 3.32. The van der Waals surface area contributed by atoms with Crippen LogP contribution in [0.4, 0.5) is 10.5 Å². The molecule has 0 spiro atoms. The largest absolute Gasteiger partial charge is 0.322 e. The van der Waals surface area contributed by atoms with E-state index in [0.717, 1.165) is 29.1 Å². The highest BCUT2D eigenvalue weighted by molar-refractivity contribution is 5.89. The van der Waals surface area contributed by atoms with E-state index in [1.807, 2.05) is 66.4 Å². The van der Waals surface area contributed by atoms with Crippen molar-refractivity contribution >= 4 is 11.7 Å². The predicted octanol–water partition coefficient (Wildman–Crippen LogP) is 3.73. The number of urea groups is 1. The second kappa shape index (κ2) is 7.00. The number of carbonyl (C=O) groups excluding carboxylic acids is 1. The van der Waals surface area contributed by atoms with E-state index in [4.69, 9.17) is 0 Å². The van der Waals surface area contributed by atoms with Crippen LogP contribution in [0.25, 0.3) is 11.4 Å². The van der Waals surface area contributed by atoms with Crippen molar-refractivity contribution in [2.24, 2.45) is 0 Å². The van der Waals surface area contributed by atoms with Crippen molar-refractivity contribution in [3.63, 3.8) is 0 Å². The predicted molar refractivity (Wildman–Crippen MR) is 101 cm³/mol. The minimum Gasteiger partial charge on any atom is -0.322 e. The Kier molecular flexibility index (Phi) is 4.39. The number of hydrogen-bond acceptors (Lipinski definition) is 3. The van der Waals surface area contributed by atoms with Gasteiger partial charge in [0.15, 0.2) is 5.82 Å². The van der Waals surface area contributed by atoms with Crippen LogP contribution in [0.1, 0.15) is 18.0 Å². The van der Waals surface area contributed by atoms with Crippen LogP contribution in [-0.2, 0) is 0 Å². The van der Waals surface area contributed by atoms with E-state index in [1.165, 1.54) is 0 Å². The highest BCUT2D eigenvalue weighted by atomic mass is 16.2. The molecule has 0 bridgehead atoms. The number of anilines is 1. The van der Waals surface area contributed by atoms with Gasteiger partial charge in [0.2, 0.25) is 0 Å². The summed E-state index contributed by atoms with van der Waals surface area (Å²) in [6, 6.07) is 18.0. The first-order valence-corrected chi connectivity index (χ1v) is 8.78. The Labute approximate surface area is 152 Å². The molecule has 6 nitrogen and oxygen atoms in total. The van der Waals surface area contributed by atoms with Gasteiger partial charge >= 0.3 is 6.03 Å². The molecular formula is C20H21N5O. The first kappa shape index (κ1) is 16.3. The van der Waals surface area contributed by atoms with E-state index in [2.05, 4.69) is 20.1 Å². The Bertz CT molecular complexity index is 905. The van der Waals surface area contributed by atoms with Gasteiger partial charge in [-0.15, -0.1) is 10.2 Å². The van der Waals surface area contributed by atoms with Gasteiger partial charge in [0.1, 0.15) is 6.33 Å². The van der Waals surface area contributed by atoms with E-state index in [0.29, 0.717) is 13.1 Å². The van der Waals surface area contributed by atoms with E-state index < -0.39 is 0 Å². The molecule has 1 fully saturated rings. The lowest BCUT2D eigenvalue weighted by atomic mass is 10.2. The zero-order chi connectivity index (χ0) is 17.9. The lowest BCUT2D eigenvalue weighted by molar-refractivity contribution is 0.221. The van der Waals surface area contributed by atoms with Gasteiger partial charge in [0, 0.05) is 24.3 Å². The van der Waals surface area contributed by atoms with Crippen LogP contribution in [0.5, 0.6) is 0 Å². The molecule has 1 aliphatic heterocycles. The smallest absolute Gasteiger partial charge is 0.321 e. The highest BCUT2D eigenvalue weighted by Gasteiger charge is 2.29. The molecule has 0 saturated carbocycles. The Balaban J connectivity index is 1.46. The molecule has 1 aliphatic rings. The number of likely N-dealkylation sites (tertiary alicyclic amines) is 1. The quantitative estimate of drug-likeness (QED) is 0.785. The van der Waals surface area contributed by atoms with Crippen LogP contribution in [-0.4, -0.2) is 38.8 Å². The molecule has 0 aliphatic carbocycles. The summed E-state index contributed by atoms with van der Waals surface area (Å²) < 4.78 is 2.08. The number of aryl methyl sites for hydroxylation is 1. The summed E-state index contributed by atoms with van der Waals surface area (Å²) in [6.45, 7) is 3.38. The Morgan fingerprint density at radius 1 is 1.15 bits per heavy atom. The summed E-state index contributed by atoms with van der Waals surface area (Å²) in [4.78, 5) is 14.4. The topological polar surface area (TPSA) is 63.1 Å². The van der Waals surface area contributed by atoms with Gasteiger partial charge in [-0.25, -0.2) is 4.79 Å². The molecule has 1 saturated heterocycles. The molecule has 2 aromatic carbocycles. The summed E-state index contributed by atoms with van der Waals surface area (Å²) in [5.41, 5.74) is 2.99. The second-order valence-electron chi connectivity index (χ2n) is 6.62. The maximum atomic E-state index is 12.6. The van der Waals surface area contributed by atoms with Gasteiger partial charge in [-0.2, -0.15) is 0 Å². The van der Waals surface area contributed by atoms with Crippen LogP contribution in [0, 0.1) is 6.92 Å². The molecule has 1 N–H and O–H groups in total. The van der Waals surface area contributed by atoms with E-state index in [9.17, 15) is 4.79 Å². The van der Waals surface area contributed by atoms with E-state index in [-0.39, 0.29) is 12.1 Å². The molecule has 1 atom stereocenters. The average molecular weight is 347 g/mol. The number of amides is 2. The zero-order valence-electron chi connectivity index (χ0n) is 14.7. The van der Waals surface area contributed by atoms with Crippen LogP contribution in [0.3, 0.4) is 0 Å². The molecule has 2 heterocycles. The minimum atomic E-state index is -0.0626. The molecule has 1 aromatic heterocycles. The first-order valence-electron chi connectivity index (χ1n) is 8.78. The number of nitrogens with one attached hydrogen (secondary N) is 1. The van der Waals surface area contributed by atoms with Gasteiger partial charge < -0.3 is 14.8 Å². The van der Waals surface area contributed by atoms with Crippen molar-refractivity contribution in [1.82, 2.24) is 19.7 Å². The molecular weight excluding hydrogens is 326 g/mol. The first-order chi connectivity index (χ1) is 12.7. The van der Waals surface area contributed by atoms with E-state index in [1.54, 1.807) is 6.33 Å². The van der Waals surface area contributed by atoms with Gasteiger partial charge in [-0.05, 0) is 31.0 Å². The van der Waals surface area contributed by atoms with Crippen LogP contribution in [0.2, 0.25) is 0 Å². The van der Waals surface area contributed by atoms with Gasteiger partial charge in [-0.1, -0.05) is 42.5 Å². The minimum absolute atomic E-state index is 0.0626. The Hall–Kier alpha value is -3.15. The summed E-state index contributed by atoms with van der Waals surface area (Å²) in [5, 5.41) is 11.3. The third-order valence-electron chi connectivity index (χ3n) is 4.72. The summed E-state index contributed by atoms with van der Waals surface area (Å²) in [5.74, 6) is 0.844. The molecule has 132 valence electrons. The molecule has 4 rings (SSSR count). The van der Waals surface area contributed by atoms with Crippen molar-refractivity contribution in [2.45, 2.75) is 19.4 Å². The monoisotopic (exact) mass is 347 g/mol. The maximum absolute atomic E-state index is 12.6. The Morgan fingerprint density at radius 2 is 2.00 bits per heavy atom. The lowest BCUT2D eigenvalue weighted by Gasteiger charge is -2.18. The third-order valence-corrected chi connectivity index (χ3v) is 4.72. The standard InChI is InChI=1S/C20H21N5O/c1-15-6-5-9-17(12-15)22-20(26)24-11-10-18(13-24)25-14-21-23-19(25)16-7-3-2-4-8-16/h2-9,12,14,18H,10-11,13H2,1H3,(H,22,26). The van der Waals surface area contributed by atoms with Crippen molar-refractivity contribution in [3.05, 3.63) is 66.5 Å². The SMILES string of the molecule is Cc1cccc(NC(=O)N2CCC(n3cnnc3-c3ccccc3)C2)c1. The molecule has 3 aromatic rings. The normalized spacial score (nSPS) is 16.7. The van der Waals surface area contributed by atoms with Crippen LogP contribution < -0.4 is 5.32 Å². The molecule has 2 amide bonds. The summed E-state index contributed by atoms with van der Waals surface area (Å²) in [6.07, 6.45) is 2.65. The van der Waals surface area contributed by atoms with Crippen LogP contribution >= 0.6 is 0 Å². The molecule has 1 unspecified atom stereocenters. The van der Waals surface area contributed by atoms with Gasteiger partial charge in [0.05, 0.1) is 6.04 Å². The fourth-order valence-corrected chi connectivity index (χ4v) is 3.38. The number of nitrogens with zero attached hydrogens (tertiary/aromatic N) is 4. The lowest BCUT2D eigenvalue weighted by Crippen LogP contribution is -2.33.